The van der Waals surface area contributed by atoms with Crippen LogP contribution in [0, 0.1) is 23.7 Å². The van der Waals surface area contributed by atoms with Gasteiger partial charge < -0.3 is 20.8 Å². The zero-order valence-electron chi connectivity index (χ0n) is 23.1. The standard InChI is InChI=1S/C30H31N3O8/c1-32(2)19-11-16(14-7-5-6-13(8-14)12-34)24(35)21-17(19)9-15-10-18-23(33(3)4)26(37)22(29(31)40)28(39)30(18,41)27(38)20(15)25(21)36/h5-8,11-12,15,18,20,22-23,35,41H,9-10H2,1-4H3,(H2,31,40)/t15-,18-,20?,22?,23-,30-/m1/s1. The summed E-state index contributed by atoms with van der Waals surface area (Å²) in [5.41, 5.74) is 4.69. The molecule has 1 amide bonds. The highest BCUT2D eigenvalue weighted by atomic mass is 16.3. The van der Waals surface area contributed by atoms with E-state index in [-0.39, 0.29) is 29.7 Å². The zero-order valence-corrected chi connectivity index (χ0v) is 23.1. The lowest BCUT2D eigenvalue weighted by molar-refractivity contribution is -0.181. The molecule has 2 aromatic rings. The summed E-state index contributed by atoms with van der Waals surface area (Å²) in [6, 6.07) is 7.01. The van der Waals surface area contributed by atoms with Gasteiger partial charge in [-0.2, -0.15) is 0 Å². The number of nitrogens with zero attached hydrogens (tertiary/aromatic N) is 2. The number of benzene rings is 2. The van der Waals surface area contributed by atoms with Crippen LogP contribution < -0.4 is 10.6 Å². The average molecular weight is 562 g/mol. The number of primary amides is 1. The molecule has 41 heavy (non-hydrogen) atoms. The van der Waals surface area contributed by atoms with Crippen molar-refractivity contribution in [1.29, 1.82) is 0 Å². The summed E-state index contributed by atoms with van der Waals surface area (Å²) in [5, 5.41) is 23.2. The summed E-state index contributed by atoms with van der Waals surface area (Å²) in [7, 11) is 6.62. The molecular formula is C30H31N3O8. The Morgan fingerprint density at radius 1 is 1.07 bits per heavy atom. The van der Waals surface area contributed by atoms with Crippen molar-refractivity contribution in [3.8, 4) is 16.9 Å². The quantitative estimate of drug-likeness (QED) is 0.342. The van der Waals surface area contributed by atoms with Gasteiger partial charge in [0.1, 0.15) is 12.0 Å². The van der Waals surface area contributed by atoms with E-state index in [9.17, 15) is 39.0 Å². The Bertz CT molecular complexity index is 1550. The first-order valence-electron chi connectivity index (χ1n) is 13.2. The first-order chi connectivity index (χ1) is 19.2. The summed E-state index contributed by atoms with van der Waals surface area (Å²) in [6.45, 7) is 0. The van der Waals surface area contributed by atoms with Crippen molar-refractivity contribution in [2.45, 2.75) is 24.5 Å². The third-order valence-electron chi connectivity index (χ3n) is 8.85. The molecule has 3 aliphatic rings. The molecule has 2 unspecified atom stereocenters. The van der Waals surface area contributed by atoms with E-state index in [4.69, 9.17) is 5.73 Å². The van der Waals surface area contributed by atoms with Crippen molar-refractivity contribution in [3.05, 3.63) is 47.0 Å². The fourth-order valence-corrected chi connectivity index (χ4v) is 7.05. The number of nitrogens with two attached hydrogens (primary N) is 1. The molecule has 11 nitrogen and oxygen atoms in total. The molecule has 214 valence electrons. The number of likely N-dealkylation sites (N-methyl/N-ethyl adjacent to an activating group) is 1. The molecule has 2 fully saturated rings. The smallest absolute Gasteiger partial charge is 0.235 e. The molecular weight excluding hydrogens is 530 g/mol. The Kier molecular flexibility index (Phi) is 6.70. The lowest BCUT2D eigenvalue weighted by Gasteiger charge is -2.52. The van der Waals surface area contributed by atoms with Gasteiger partial charge in [-0.15, -0.1) is 0 Å². The normalized spacial score (nSPS) is 29.1. The summed E-state index contributed by atoms with van der Waals surface area (Å²) in [4.78, 5) is 81.6. The molecule has 0 bridgehead atoms. The predicted octanol–water partition coefficient (Wildman–Crippen LogP) is 0.413. The summed E-state index contributed by atoms with van der Waals surface area (Å²) in [6.07, 6.45) is 0.786. The third-order valence-corrected chi connectivity index (χ3v) is 8.85. The molecule has 2 saturated carbocycles. The molecule has 0 saturated heterocycles. The summed E-state index contributed by atoms with van der Waals surface area (Å²) < 4.78 is 0. The monoisotopic (exact) mass is 561 g/mol. The van der Waals surface area contributed by atoms with E-state index in [2.05, 4.69) is 0 Å². The van der Waals surface area contributed by atoms with Gasteiger partial charge in [0, 0.05) is 36.8 Å². The number of fused-ring (bicyclic) bond motifs is 3. The van der Waals surface area contributed by atoms with Gasteiger partial charge in [-0.25, -0.2) is 0 Å². The highest BCUT2D eigenvalue weighted by Crippen LogP contribution is 2.53. The van der Waals surface area contributed by atoms with Crippen molar-refractivity contribution in [2.75, 3.05) is 33.1 Å². The number of carbonyl (C=O) groups excluding carboxylic acids is 6. The van der Waals surface area contributed by atoms with Crippen molar-refractivity contribution < 1.29 is 39.0 Å². The second kappa shape index (κ2) is 9.71. The van der Waals surface area contributed by atoms with Crippen LogP contribution in [0.4, 0.5) is 5.69 Å². The zero-order chi connectivity index (χ0) is 30.1. The molecule has 5 rings (SSSR count). The topological polar surface area (TPSA) is 175 Å². The number of carbonyl (C=O) groups is 6. The Hall–Kier alpha value is -4.22. The highest BCUT2D eigenvalue weighted by Gasteiger charge is 2.69. The van der Waals surface area contributed by atoms with E-state index in [0.29, 0.717) is 28.7 Å². The van der Waals surface area contributed by atoms with Crippen LogP contribution in [-0.4, -0.2) is 90.3 Å². The largest absolute Gasteiger partial charge is 0.507 e. The minimum Gasteiger partial charge on any atom is -0.507 e. The molecule has 0 aromatic heterocycles. The maximum absolute atomic E-state index is 14.1. The summed E-state index contributed by atoms with van der Waals surface area (Å²) in [5.74, 6) is -11.0. The highest BCUT2D eigenvalue weighted by molar-refractivity contribution is 6.32. The fraction of sp³-hybridized carbons (Fsp3) is 0.400. The number of aliphatic hydroxyl groups is 1. The van der Waals surface area contributed by atoms with E-state index in [1.165, 1.54) is 19.0 Å². The van der Waals surface area contributed by atoms with Crippen LogP contribution in [0.5, 0.6) is 5.75 Å². The fourth-order valence-electron chi connectivity index (χ4n) is 7.05. The second-order valence-corrected chi connectivity index (χ2v) is 11.6. The van der Waals surface area contributed by atoms with Crippen LogP contribution in [0.15, 0.2) is 30.3 Å². The Morgan fingerprint density at radius 2 is 1.76 bits per heavy atom. The number of phenols is 1. The molecule has 11 heteroatoms. The van der Waals surface area contributed by atoms with Gasteiger partial charge >= 0.3 is 0 Å². The van der Waals surface area contributed by atoms with Crippen LogP contribution in [0.3, 0.4) is 0 Å². The molecule has 0 radical (unpaired) electrons. The molecule has 6 atom stereocenters. The number of phenolic OH excluding ortho intramolecular Hbond substituents is 1. The third kappa shape index (κ3) is 3.94. The van der Waals surface area contributed by atoms with E-state index in [0.717, 1.165) is 0 Å². The molecule has 4 N–H and O–H groups in total. The van der Waals surface area contributed by atoms with Gasteiger partial charge in [0.05, 0.1) is 17.5 Å². The number of amides is 1. The van der Waals surface area contributed by atoms with E-state index < -0.39 is 64.4 Å². The minimum atomic E-state index is -2.78. The average Bonchev–Trinajstić information content (AvgIpc) is 2.90. The number of ketones is 4. The van der Waals surface area contributed by atoms with Gasteiger partial charge in [0.2, 0.25) is 5.91 Å². The second-order valence-electron chi connectivity index (χ2n) is 11.6. The number of anilines is 1. The Labute approximate surface area is 235 Å². The van der Waals surface area contributed by atoms with Gasteiger partial charge in [0.25, 0.3) is 0 Å². The first kappa shape index (κ1) is 28.3. The Morgan fingerprint density at radius 3 is 2.34 bits per heavy atom. The molecule has 0 spiro atoms. The van der Waals surface area contributed by atoms with Gasteiger partial charge in [-0.3, -0.25) is 33.7 Å². The van der Waals surface area contributed by atoms with E-state index in [1.807, 2.05) is 0 Å². The predicted molar refractivity (Wildman–Crippen MR) is 147 cm³/mol. The van der Waals surface area contributed by atoms with Gasteiger partial charge in [-0.05, 0) is 56.1 Å². The Balaban J connectivity index is 1.69. The van der Waals surface area contributed by atoms with E-state index >= 15 is 0 Å². The maximum Gasteiger partial charge on any atom is 0.235 e. The first-order valence-corrected chi connectivity index (χ1v) is 13.2. The van der Waals surface area contributed by atoms with Crippen LogP contribution in [0.2, 0.25) is 0 Å². The van der Waals surface area contributed by atoms with E-state index in [1.54, 1.807) is 49.3 Å². The number of aromatic hydroxyl groups is 1. The SMILES string of the molecule is CN(C)c1cc(-c2cccc(C=O)c2)c(O)c2c1C[C@@H]1C[C@@H]3[C@@H](N(C)C)C(=O)C(C(N)=O)C(=O)[C@]3(O)C(=O)C1C2=O. The molecule has 2 aromatic carbocycles. The van der Waals surface area contributed by atoms with Crippen LogP contribution in [-0.2, 0) is 25.6 Å². The van der Waals surface area contributed by atoms with Crippen molar-refractivity contribution in [2.24, 2.45) is 29.4 Å². The van der Waals surface area contributed by atoms with Crippen LogP contribution in [0.1, 0.15) is 32.7 Å². The number of rotatable bonds is 5. The lowest BCUT2D eigenvalue weighted by atomic mass is 9.52. The molecule has 0 heterocycles. The van der Waals surface area contributed by atoms with Crippen molar-refractivity contribution >= 4 is 41.0 Å². The van der Waals surface area contributed by atoms with Gasteiger partial charge in [0.15, 0.2) is 34.7 Å². The maximum atomic E-state index is 14.1. The van der Waals surface area contributed by atoms with Gasteiger partial charge in [-0.1, -0.05) is 18.2 Å². The number of hydrogen-bond acceptors (Lipinski definition) is 10. The molecule has 3 aliphatic carbocycles. The van der Waals surface area contributed by atoms with Crippen LogP contribution >= 0.6 is 0 Å². The lowest BCUT2D eigenvalue weighted by Crippen LogP contribution is -2.74. The van der Waals surface area contributed by atoms with Crippen LogP contribution in [0.25, 0.3) is 11.1 Å². The van der Waals surface area contributed by atoms with Crippen molar-refractivity contribution in [1.82, 2.24) is 4.90 Å². The number of hydrogen-bond donors (Lipinski definition) is 3. The number of Topliss-reactive ketones (excluding diaryl/α,β-unsaturated/α-hetero) is 4. The summed E-state index contributed by atoms with van der Waals surface area (Å²) >= 11 is 0. The van der Waals surface area contributed by atoms with Crippen molar-refractivity contribution in [3.63, 3.8) is 0 Å². The number of aldehydes is 1. The molecule has 0 aliphatic heterocycles. The minimum absolute atomic E-state index is 0.0271.